The Morgan fingerprint density at radius 3 is 2.62 bits per heavy atom. The zero-order valence-corrected chi connectivity index (χ0v) is 13.8. The first-order valence-corrected chi connectivity index (χ1v) is 8.23. The number of hydrogen-bond acceptors (Lipinski definition) is 3. The van der Waals surface area contributed by atoms with Crippen LogP contribution in [-0.4, -0.2) is 29.5 Å². The van der Waals surface area contributed by atoms with Gasteiger partial charge in [0.1, 0.15) is 0 Å². The quantitative estimate of drug-likeness (QED) is 0.865. The lowest BCUT2D eigenvalue weighted by Gasteiger charge is -2.27. The maximum Gasteiger partial charge on any atom is 0.418 e. The van der Waals surface area contributed by atoms with Crippen LogP contribution in [0.1, 0.15) is 31.5 Å². The topological polar surface area (TPSA) is 54.0 Å². The third-order valence-electron chi connectivity index (χ3n) is 5.04. The third kappa shape index (κ3) is 3.55. The Kier molecular flexibility index (Phi) is 4.32. The number of alkyl halides is 3. The largest absolute Gasteiger partial charge is 0.418 e. The summed E-state index contributed by atoms with van der Waals surface area (Å²) < 4.78 is 39.0. The fourth-order valence-corrected chi connectivity index (χ4v) is 3.61. The molecular formula is C17H22F3N3O. The number of piperidine rings is 1. The second-order valence-electron chi connectivity index (χ2n) is 7.38. The SMILES string of the molecule is CC(C)(CCc1ncccc1C(F)(F)F)NC(=O)[C@@H]1C2CNC[C@H]21. The summed E-state index contributed by atoms with van der Waals surface area (Å²) in [5.41, 5.74) is -1.24. The smallest absolute Gasteiger partial charge is 0.351 e. The molecule has 0 spiro atoms. The van der Waals surface area contributed by atoms with E-state index in [0.29, 0.717) is 18.3 Å². The number of aryl methyl sites for hydroxylation is 1. The first-order chi connectivity index (χ1) is 11.2. The molecule has 3 rings (SSSR count). The van der Waals surface area contributed by atoms with Crippen LogP contribution in [0, 0.1) is 17.8 Å². The molecule has 2 aliphatic rings. The monoisotopic (exact) mass is 341 g/mol. The molecule has 1 aromatic rings. The van der Waals surface area contributed by atoms with Crippen LogP contribution < -0.4 is 10.6 Å². The van der Waals surface area contributed by atoms with Crippen LogP contribution in [0.25, 0.3) is 0 Å². The van der Waals surface area contributed by atoms with Gasteiger partial charge in [-0.05, 0) is 63.7 Å². The van der Waals surface area contributed by atoms with E-state index in [1.165, 1.54) is 12.3 Å². The number of amides is 1. The molecule has 0 aromatic carbocycles. The number of halogens is 3. The summed E-state index contributed by atoms with van der Waals surface area (Å²) in [6.45, 7) is 5.45. The van der Waals surface area contributed by atoms with Crippen molar-refractivity contribution in [3.05, 3.63) is 29.6 Å². The van der Waals surface area contributed by atoms with E-state index in [1.54, 1.807) is 0 Å². The van der Waals surface area contributed by atoms with Crippen molar-refractivity contribution in [2.75, 3.05) is 13.1 Å². The average Bonchev–Trinajstić information content (AvgIpc) is 2.98. The van der Waals surface area contributed by atoms with Gasteiger partial charge in [-0.1, -0.05) is 0 Å². The molecule has 2 fully saturated rings. The van der Waals surface area contributed by atoms with Crippen molar-refractivity contribution < 1.29 is 18.0 Å². The van der Waals surface area contributed by atoms with Gasteiger partial charge in [0, 0.05) is 17.7 Å². The lowest BCUT2D eigenvalue weighted by atomic mass is 9.95. The maximum absolute atomic E-state index is 13.0. The predicted octanol–water partition coefficient (Wildman–Crippen LogP) is 2.39. The molecule has 3 atom stereocenters. The van der Waals surface area contributed by atoms with Crippen molar-refractivity contribution in [3.8, 4) is 0 Å². The van der Waals surface area contributed by atoms with E-state index in [1.807, 2.05) is 13.8 Å². The van der Waals surface area contributed by atoms with Crippen molar-refractivity contribution in [1.82, 2.24) is 15.6 Å². The number of aromatic nitrogens is 1. The van der Waals surface area contributed by atoms with Gasteiger partial charge in [0.25, 0.3) is 0 Å². The van der Waals surface area contributed by atoms with Crippen LogP contribution in [0.15, 0.2) is 18.3 Å². The molecule has 2 heterocycles. The van der Waals surface area contributed by atoms with E-state index < -0.39 is 17.3 Å². The number of carbonyl (C=O) groups is 1. The highest BCUT2D eigenvalue weighted by Gasteiger charge is 2.57. The average molecular weight is 341 g/mol. The second-order valence-corrected chi connectivity index (χ2v) is 7.38. The Balaban J connectivity index is 1.58. The van der Waals surface area contributed by atoms with Crippen LogP contribution in [0.4, 0.5) is 13.2 Å². The number of carbonyl (C=O) groups excluding carboxylic acids is 1. The van der Waals surface area contributed by atoms with Gasteiger partial charge < -0.3 is 10.6 Å². The molecule has 0 bridgehead atoms. The summed E-state index contributed by atoms with van der Waals surface area (Å²) in [7, 11) is 0. The minimum absolute atomic E-state index is 0.0218. The highest BCUT2D eigenvalue weighted by atomic mass is 19.4. The van der Waals surface area contributed by atoms with Gasteiger partial charge in [-0.2, -0.15) is 13.2 Å². The highest BCUT2D eigenvalue weighted by molar-refractivity contribution is 5.83. The number of pyridine rings is 1. The van der Waals surface area contributed by atoms with Crippen LogP contribution in [0.3, 0.4) is 0 Å². The third-order valence-corrected chi connectivity index (χ3v) is 5.04. The van der Waals surface area contributed by atoms with Crippen LogP contribution in [0.5, 0.6) is 0 Å². The first kappa shape index (κ1) is 17.2. The summed E-state index contributed by atoms with van der Waals surface area (Å²) in [5, 5.41) is 6.24. The van der Waals surface area contributed by atoms with E-state index in [4.69, 9.17) is 0 Å². The summed E-state index contributed by atoms with van der Waals surface area (Å²) in [6, 6.07) is 2.34. The van der Waals surface area contributed by atoms with E-state index in [0.717, 1.165) is 19.2 Å². The van der Waals surface area contributed by atoms with Crippen molar-refractivity contribution in [2.45, 2.75) is 38.4 Å². The van der Waals surface area contributed by atoms with Crippen molar-refractivity contribution in [2.24, 2.45) is 17.8 Å². The van der Waals surface area contributed by atoms with Crippen LogP contribution >= 0.6 is 0 Å². The fraction of sp³-hybridized carbons (Fsp3) is 0.647. The van der Waals surface area contributed by atoms with Gasteiger partial charge in [-0.3, -0.25) is 9.78 Å². The minimum Gasteiger partial charge on any atom is -0.351 e. The molecule has 24 heavy (non-hydrogen) atoms. The lowest BCUT2D eigenvalue weighted by Crippen LogP contribution is -2.45. The maximum atomic E-state index is 13.0. The Bertz CT molecular complexity index is 620. The molecular weight excluding hydrogens is 319 g/mol. The summed E-state index contributed by atoms with van der Waals surface area (Å²) in [5.74, 6) is 0.932. The lowest BCUT2D eigenvalue weighted by molar-refractivity contribution is -0.138. The molecule has 1 aliphatic carbocycles. The molecule has 1 amide bonds. The van der Waals surface area contributed by atoms with Gasteiger partial charge in [0.2, 0.25) is 5.91 Å². The number of hydrogen-bond donors (Lipinski definition) is 2. The zero-order chi connectivity index (χ0) is 17.5. The van der Waals surface area contributed by atoms with E-state index in [2.05, 4.69) is 15.6 Å². The molecule has 1 saturated heterocycles. The molecule has 132 valence electrons. The molecule has 1 unspecified atom stereocenters. The summed E-state index contributed by atoms with van der Waals surface area (Å²) >= 11 is 0. The fourth-order valence-electron chi connectivity index (χ4n) is 3.61. The number of nitrogens with one attached hydrogen (secondary N) is 2. The first-order valence-electron chi connectivity index (χ1n) is 8.23. The molecule has 1 aromatic heterocycles. The van der Waals surface area contributed by atoms with Crippen molar-refractivity contribution in [3.63, 3.8) is 0 Å². The molecule has 1 saturated carbocycles. The van der Waals surface area contributed by atoms with E-state index in [9.17, 15) is 18.0 Å². The minimum atomic E-state index is -4.41. The van der Waals surface area contributed by atoms with Crippen molar-refractivity contribution >= 4 is 5.91 Å². The molecule has 4 nitrogen and oxygen atoms in total. The van der Waals surface area contributed by atoms with Crippen LogP contribution in [0.2, 0.25) is 0 Å². The normalized spacial score (nSPS) is 26.1. The highest BCUT2D eigenvalue weighted by Crippen LogP contribution is 2.48. The molecule has 2 N–H and O–H groups in total. The standard InChI is InChI=1S/C17H22F3N3O/c1-16(2,23-15(24)14-10-8-21-9-11(10)14)6-5-13-12(17(18,19)20)4-3-7-22-13/h3-4,7,10-11,14,21H,5-6,8-9H2,1-2H3,(H,23,24)/t10-,11?,14+/m1/s1. The van der Waals surface area contributed by atoms with E-state index >= 15 is 0 Å². The summed E-state index contributed by atoms with van der Waals surface area (Å²) in [6.07, 6.45) is -2.47. The molecule has 1 aliphatic heterocycles. The zero-order valence-electron chi connectivity index (χ0n) is 13.8. The number of fused-ring (bicyclic) bond motifs is 1. The van der Waals surface area contributed by atoms with Gasteiger partial charge in [0.05, 0.1) is 11.3 Å². The Morgan fingerprint density at radius 2 is 2.00 bits per heavy atom. The Morgan fingerprint density at radius 1 is 1.33 bits per heavy atom. The Hall–Kier alpha value is -1.63. The Labute approximate surface area is 139 Å². The predicted molar refractivity (Wildman–Crippen MR) is 83.1 cm³/mol. The number of rotatable bonds is 5. The number of nitrogens with zero attached hydrogens (tertiary/aromatic N) is 1. The molecule has 0 radical (unpaired) electrons. The van der Waals surface area contributed by atoms with E-state index in [-0.39, 0.29) is 23.9 Å². The van der Waals surface area contributed by atoms with Gasteiger partial charge >= 0.3 is 6.18 Å². The molecule has 7 heteroatoms. The van der Waals surface area contributed by atoms with Gasteiger partial charge in [-0.25, -0.2) is 0 Å². The van der Waals surface area contributed by atoms with Crippen molar-refractivity contribution in [1.29, 1.82) is 0 Å². The van der Waals surface area contributed by atoms with Gasteiger partial charge in [-0.15, -0.1) is 0 Å². The van der Waals surface area contributed by atoms with Gasteiger partial charge in [0.15, 0.2) is 0 Å². The van der Waals surface area contributed by atoms with Crippen LogP contribution in [-0.2, 0) is 17.4 Å². The second kappa shape index (κ2) is 6.02. The summed E-state index contributed by atoms with van der Waals surface area (Å²) in [4.78, 5) is 16.2.